The van der Waals surface area contributed by atoms with Crippen LogP contribution in [0.3, 0.4) is 0 Å². The predicted octanol–water partition coefficient (Wildman–Crippen LogP) is 0.929. The normalized spacial score (nSPS) is 12.0. The Kier molecular flexibility index (Phi) is 4.89. The molecule has 0 saturated heterocycles. The predicted molar refractivity (Wildman–Crippen MR) is 74.5 cm³/mol. The number of benzene rings is 1. The summed E-state index contributed by atoms with van der Waals surface area (Å²) in [6.45, 7) is 1.85. The van der Waals surface area contributed by atoms with Crippen molar-refractivity contribution >= 4 is 5.78 Å². The molecule has 0 spiro atoms. The van der Waals surface area contributed by atoms with Crippen LogP contribution in [0.2, 0.25) is 0 Å². The molecular weight excluding hydrogens is 274 g/mol. The number of methoxy groups -OCH3 is 1. The van der Waals surface area contributed by atoms with Gasteiger partial charge in [0, 0.05) is 5.56 Å². The Balaban J connectivity index is 1.97. The molecule has 0 fully saturated rings. The highest BCUT2D eigenvalue weighted by Crippen LogP contribution is 2.28. The fourth-order valence-corrected chi connectivity index (χ4v) is 1.79. The smallest absolute Gasteiger partial charge is 0.161 e. The largest absolute Gasteiger partial charge is 0.493 e. The van der Waals surface area contributed by atoms with E-state index in [0.29, 0.717) is 17.1 Å². The Morgan fingerprint density at radius 1 is 1.43 bits per heavy atom. The van der Waals surface area contributed by atoms with Crippen molar-refractivity contribution in [1.29, 1.82) is 0 Å². The molecule has 1 aromatic carbocycles. The van der Waals surface area contributed by atoms with Crippen molar-refractivity contribution in [3.8, 4) is 11.5 Å². The van der Waals surface area contributed by atoms with E-state index in [1.807, 2.05) is 0 Å². The molecule has 0 amide bonds. The van der Waals surface area contributed by atoms with Crippen LogP contribution in [-0.2, 0) is 6.54 Å². The van der Waals surface area contributed by atoms with Crippen molar-refractivity contribution < 1.29 is 19.4 Å². The average molecular weight is 291 g/mol. The summed E-state index contributed by atoms with van der Waals surface area (Å²) in [5, 5.41) is 13.8. The summed E-state index contributed by atoms with van der Waals surface area (Å²) in [5.74, 6) is 0.877. The number of aliphatic hydroxyl groups excluding tert-OH is 1. The SMILES string of the molecule is COc1cc(C(C)=O)ccc1OC[C@@H](O)Cn1cncn1. The highest BCUT2D eigenvalue weighted by molar-refractivity contribution is 5.94. The molecule has 1 atom stereocenters. The minimum absolute atomic E-state index is 0.0499. The van der Waals surface area contributed by atoms with Gasteiger partial charge in [-0.15, -0.1) is 0 Å². The molecule has 7 nitrogen and oxygen atoms in total. The third-order valence-corrected chi connectivity index (χ3v) is 2.87. The van der Waals surface area contributed by atoms with Crippen molar-refractivity contribution in [2.75, 3.05) is 13.7 Å². The van der Waals surface area contributed by atoms with Gasteiger partial charge in [0.2, 0.25) is 0 Å². The maximum absolute atomic E-state index is 11.3. The molecular formula is C14H17N3O4. The number of ketones is 1. The third kappa shape index (κ3) is 4.03. The number of ether oxygens (including phenoxy) is 2. The van der Waals surface area contributed by atoms with E-state index < -0.39 is 6.10 Å². The van der Waals surface area contributed by atoms with E-state index in [0.717, 1.165) is 0 Å². The number of hydrogen-bond donors (Lipinski definition) is 1. The summed E-state index contributed by atoms with van der Waals surface area (Å²) in [6.07, 6.45) is 2.19. The van der Waals surface area contributed by atoms with Crippen LogP contribution in [0.5, 0.6) is 11.5 Å². The number of aromatic nitrogens is 3. The van der Waals surface area contributed by atoms with Crippen LogP contribution in [0, 0.1) is 0 Å². The van der Waals surface area contributed by atoms with Gasteiger partial charge in [-0.3, -0.25) is 9.48 Å². The van der Waals surface area contributed by atoms with Crippen LogP contribution in [0.4, 0.5) is 0 Å². The number of hydrogen-bond acceptors (Lipinski definition) is 6. The molecule has 0 saturated carbocycles. The van der Waals surface area contributed by atoms with Crippen molar-refractivity contribution in [2.24, 2.45) is 0 Å². The number of Topliss-reactive ketones (excluding diaryl/α,β-unsaturated/α-hetero) is 1. The van der Waals surface area contributed by atoms with Crippen LogP contribution in [0.1, 0.15) is 17.3 Å². The number of carbonyl (C=O) groups excluding carboxylic acids is 1. The van der Waals surface area contributed by atoms with E-state index in [4.69, 9.17) is 9.47 Å². The molecule has 7 heteroatoms. The second-order valence-corrected chi connectivity index (χ2v) is 4.50. The molecule has 21 heavy (non-hydrogen) atoms. The fraction of sp³-hybridized carbons (Fsp3) is 0.357. The molecule has 1 aromatic heterocycles. The number of carbonyl (C=O) groups is 1. The molecule has 0 aliphatic carbocycles. The van der Waals surface area contributed by atoms with Gasteiger partial charge < -0.3 is 14.6 Å². The Labute approximate surface area is 122 Å². The monoisotopic (exact) mass is 291 g/mol. The molecule has 2 rings (SSSR count). The lowest BCUT2D eigenvalue weighted by Gasteiger charge is -2.14. The van der Waals surface area contributed by atoms with Crippen molar-refractivity contribution in [3.63, 3.8) is 0 Å². The minimum Gasteiger partial charge on any atom is -0.493 e. The molecule has 2 aromatic rings. The first-order valence-corrected chi connectivity index (χ1v) is 6.42. The topological polar surface area (TPSA) is 86.5 Å². The zero-order valence-electron chi connectivity index (χ0n) is 11.9. The Bertz CT molecular complexity index is 598. The van der Waals surface area contributed by atoms with E-state index in [1.54, 1.807) is 18.2 Å². The zero-order valence-corrected chi connectivity index (χ0v) is 11.9. The maximum Gasteiger partial charge on any atom is 0.161 e. The molecule has 112 valence electrons. The Hall–Kier alpha value is -2.41. The van der Waals surface area contributed by atoms with E-state index in [1.165, 1.54) is 31.4 Å². The van der Waals surface area contributed by atoms with Gasteiger partial charge in [0.25, 0.3) is 0 Å². The molecule has 0 aliphatic heterocycles. The lowest BCUT2D eigenvalue weighted by Crippen LogP contribution is -2.24. The number of nitrogens with zero attached hydrogens (tertiary/aromatic N) is 3. The van der Waals surface area contributed by atoms with Gasteiger partial charge in [-0.25, -0.2) is 4.98 Å². The summed E-state index contributed by atoms with van der Waals surface area (Å²) in [7, 11) is 1.50. The highest BCUT2D eigenvalue weighted by Gasteiger charge is 2.11. The van der Waals surface area contributed by atoms with E-state index >= 15 is 0 Å². The molecule has 0 bridgehead atoms. The first-order chi connectivity index (χ1) is 10.1. The van der Waals surface area contributed by atoms with Crippen LogP contribution in [0.15, 0.2) is 30.9 Å². The van der Waals surface area contributed by atoms with Gasteiger partial charge in [0.1, 0.15) is 25.4 Å². The second kappa shape index (κ2) is 6.85. The standard InChI is InChI=1S/C14H17N3O4/c1-10(18)11-3-4-13(14(5-11)20-2)21-7-12(19)6-17-9-15-8-16-17/h3-5,8-9,12,19H,6-7H2,1-2H3/t12-/m0/s1. The van der Waals surface area contributed by atoms with Crippen molar-refractivity contribution in [3.05, 3.63) is 36.4 Å². The van der Waals surface area contributed by atoms with Crippen molar-refractivity contribution in [1.82, 2.24) is 14.8 Å². The quantitative estimate of drug-likeness (QED) is 0.764. The van der Waals surface area contributed by atoms with Gasteiger partial charge in [-0.1, -0.05) is 0 Å². The molecule has 0 unspecified atom stereocenters. The van der Waals surface area contributed by atoms with Crippen LogP contribution in [0.25, 0.3) is 0 Å². The maximum atomic E-state index is 11.3. The van der Waals surface area contributed by atoms with E-state index in [9.17, 15) is 9.90 Å². The van der Waals surface area contributed by atoms with Crippen LogP contribution >= 0.6 is 0 Å². The lowest BCUT2D eigenvalue weighted by atomic mass is 10.1. The zero-order chi connectivity index (χ0) is 15.2. The Morgan fingerprint density at radius 3 is 2.86 bits per heavy atom. The Morgan fingerprint density at radius 2 is 2.24 bits per heavy atom. The van der Waals surface area contributed by atoms with E-state index in [-0.39, 0.29) is 18.9 Å². The molecule has 0 aliphatic rings. The summed E-state index contributed by atoms with van der Waals surface area (Å²) in [5.41, 5.74) is 0.544. The molecule has 0 radical (unpaired) electrons. The van der Waals surface area contributed by atoms with Gasteiger partial charge in [0.15, 0.2) is 17.3 Å². The summed E-state index contributed by atoms with van der Waals surface area (Å²) in [4.78, 5) is 15.1. The summed E-state index contributed by atoms with van der Waals surface area (Å²) < 4.78 is 12.2. The van der Waals surface area contributed by atoms with Crippen LogP contribution < -0.4 is 9.47 Å². The van der Waals surface area contributed by atoms with Gasteiger partial charge in [-0.05, 0) is 25.1 Å². The van der Waals surface area contributed by atoms with Crippen LogP contribution in [-0.4, -0.2) is 45.5 Å². The molecule has 1 heterocycles. The van der Waals surface area contributed by atoms with E-state index in [2.05, 4.69) is 10.1 Å². The van der Waals surface area contributed by atoms with Gasteiger partial charge in [0.05, 0.1) is 13.7 Å². The van der Waals surface area contributed by atoms with Gasteiger partial charge >= 0.3 is 0 Å². The number of aliphatic hydroxyl groups is 1. The third-order valence-electron chi connectivity index (χ3n) is 2.87. The summed E-state index contributed by atoms with van der Waals surface area (Å²) in [6, 6.07) is 4.92. The van der Waals surface area contributed by atoms with Crippen molar-refractivity contribution in [2.45, 2.75) is 19.6 Å². The minimum atomic E-state index is -0.733. The molecule has 1 N–H and O–H groups in total. The second-order valence-electron chi connectivity index (χ2n) is 4.50. The summed E-state index contributed by atoms with van der Waals surface area (Å²) >= 11 is 0. The number of rotatable bonds is 7. The van der Waals surface area contributed by atoms with Gasteiger partial charge in [-0.2, -0.15) is 5.10 Å². The average Bonchev–Trinajstić information content (AvgIpc) is 2.97. The first-order valence-electron chi connectivity index (χ1n) is 6.42. The first kappa shape index (κ1) is 15.0. The highest BCUT2D eigenvalue weighted by atomic mass is 16.5. The lowest BCUT2D eigenvalue weighted by molar-refractivity contribution is 0.0877. The fourth-order valence-electron chi connectivity index (χ4n) is 1.79.